The third-order valence-corrected chi connectivity index (χ3v) is 5.16. The number of rotatable bonds is 5. The monoisotopic (exact) mass is 453 g/mol. The zero-order chi connectivity index (χ0) is 22.0. The maximum absolute atomic E-state index is 13.1. The van der Waals surface area contributed by atoms with E-state index in [2.05, 4.69) is 9.97 Å². The molecular formula is C22H13Cl2N3O4. The second kappa shape index (κ2) is 8.67. The predicted molar refractivity (Wildman–Crippen MR) is 114 cm³/mol. The van der Waals surface area contributed by atoms with E-state index in [1.54, 1.807) is 42.5 Å². The average Bonchev–Trinajstić information content (AvgIpc) is 2.79. The van der Waals surface area contributed by atoms with Crippen LogP contribution >= 0.6 is 23.2 Å². The predicted octanol–water partition coefficient (Wildman–Crippen LogP) is 4.16. The minimum Gasteiger partial charge on any atom is -0.618 e. The van der Waals surface area contributed by atoms with Gasteiger partial charge in [-0.2, -0.15) is 4.73 Å². The second-order valence-electron chi connectivity index (χ2n) is 6.44. The number of carbonyl (C=O) groups excluding carboxylic acids is 2. The third-order valence-electron chi connectivity index (χ3n) is 4.43. The van der Waals surface area contributed by atoms with Crippen molar-refractivity contribution in [3.8, 4) is 0 Å². The highest BCUT2D eigenvalue weighted by Crippen LogP contribution is 2.26. The molecule has 0 bridgehead atoms. The Hall–Kier alpha value is -3.55. The van der Waals surface area contributed by atoms with E-state index in [0.717, 1.165) is 0 Å². The summed E-state index contributed by atoms with van der Waals surface area (Å²) in [6, 6.07) is 15.8. The topological polar surface area (TPSA) is 96.1 Å². The van der Waals surface area contributed by atoms with Crippen molar-refractivity contribution in [2.24, 2.45) is 0 Å². The molecule has 2 heterocycles. The number of benzene rings is 2. The van der Waals surface area contributed by atoms with Crippen LogP contribution in [-0.2, 0) is 11.3 Å². The molecule has 0 aliphatic rings. The van der Waals surface area contributed by atoms with Crippen LogP contribution in [0.2, 0.25) is 10.0 Å². The van der Waals surface area contributed by atoms with Gasteiger partial charge < -0.3 is 9.94 Å². The highest BCUT2D eigenvalue weighted by molar-refractivity contribution is 6.42. The summed E-state index contributed by atoms with van der Waals surface area (Å²) >= 11 is 12.1. The van der Waals surface area contributed by atoms with Gasteiger partial charge in [-0.1, -0.05) is 59.6 Å². The Balaban J connectivity index is 1.80. The Labute approximate surface area is 186 Å². The van der Waals surface area contributed by atoms with E-state index in [1.165, 1.54) is 24.4 Å². The van der Waals surface area contributed by atoms with Crippen LogP contribution in [0.1, 0.15) is 32.2 Å². The molecule has 0 aliphatic carbocycles. The van der Waals surface area contributed by atoms with Crippen molar-refractivity contribution >= 4 is 46.0 Å². The van der Waals surface area contributed by atoms with Crippen molar-refractivity contribution in [2.75, 3.05) is 0 Å². The van der Waals surface area contributed by atoms with Crippen LogP contribution in [0.5, 0.6) is 0 Å². The molecule has 31 heavy (non-hydrogen) atoms. The Kier molecular flexibility index (Phi) is 5.79. The summed E-state index contributed by atoms with van der Waals surface area (Å²) in [5, 5.41) is 13.5. The van der Waals surface area contributed by atoms with Gasteiger partial charge >= 0.3 is 5.97 Å². The van der Waals surface area contributed by atoms with Gasteiger partial charge in [0.2, 0.25) is 5.52 Å². The standard InChI is InChI=1S/C22H13Cl2N3O4/c23-14-10-17-19(11-15(14)24)27(30)20(21(28)13-6-2-1-3-7-13)18(26-17)12-31-22(29)16-8-4-5-9-25-16/h1-11H,12H2. The van der Waals surface area contributed by atoms with Gasteiger partial charge in [0.25, 0.3) is 11.5 Å². The molecule has 4 rings (SSSR count). The quantitative estimate of drug-likeness (QED) is 0.195. The van der Waals surface area contributed by atoms with Gasteiger partial charge in [0.15, 0.2) is 5.69 Å². The summed E-state index contributed by atoms with van der Waals surface area (Å²) in [7, 11) is 0. The summed E-state index contributed by atoms with van der Waals surface area (Å²) in [6.45, 7) is -0.415. The molecule has 2 aromatic heterocycles. The first-order valence-corrected chi connectivity index (χ1v) is 9.80. The van der Waals surface area contributed by atoms with Gasteiger partial charge in [-0.15, -0.1) is 0 Å². The maximum Gasteiger partial charge on any atom is 0.357 e. The van der Waals surface area contributed by atoms with E-state index < -0.39 is 18.4 Å². The number of hydrogen-bond acceptors (Lipinski definition) is 6. The number of ether oxygens (including phenoxy) is 1. The lowest BCUT2D eigenvalue weighted by molar-refractivity contribution is -0.580. The smallest absolute Gasteiger partial charge is 0.357 e. The number of carbonyl (C=O) groups is 2. The number of aromatic nitrogens is 3. The lowest BCUT2D eigenvalue weighted by atomic mass is 10.1. The van der Waals surface area contributed by atoms with E-state index in [9.17, 15) is 14.8 Å². The van der Waals surface area contributed by atoms with Gasteiger partial charge in [-0.25, -0.2) is 14.8 Å². The first kappa shape index (κ1) is 20.7. The Morgan fingerprint density at radius 2 is 1.71 bits per heavy atom. The summed E-state index contributed by atoms with van der Waals surface area (Å²) in [4.78, 5) is 33.7. The van der Waals surface area contributed by atoms with Gasteiger partial charge in [-0.05, 0) is 18.2 Å². The van der Waals surface area contributed by atoms with Crippen LogP contribution in [0, 0.1) is 5.21 Å². The Bertz CT molecular complexity index is 1300. The number of pyridine rings is 1. The van der Waals surface area contributed by atoms with Gasteiger partial charge in [0.1, 0.15) is 17.8 Å². The van der Waals surface area contributed by atoms with Crippen molar-refractivity contribution in [2.45, 2.75) is 6.61 Å². The van der Waals surface area contributed by atoms with Gasteiger partial charge in [-0.3, -0.25) is 4.79 Å². The molecule has 154 valence electrons. The third kappa shape index (κ3) is 4.19. The minimum atomic E-state index is -0.716. The molecule has 0 unspecified atom stereocenters. The molecular weight excluding hydrogens is 441 g/mol. The van der Waals surface area contributed by atoms with Crippen LogP contribution in [-0.4, -0.2) is 21.7 Å². The fourth-order valence-electron chi connectivity index (χ4n) is 2.96. The lowest BCUT2D eigenvalue weighted by Crippen LogP contribution is -2.38. The molecule has 0 amide bonds. The average molecular weight is 454 g/mol. The van der Waals surface area contributed by atoms with E-state index in [4.69, 9.17) is 27.9 Å². The molecule has 0 aliphatic heterocycles. The molecule has 0 fully saturated rings. The number of hydrogen-bond donors (Lipinski definition) is 0. The molecule has 0 saturated heterocycles. The molecule has 9 heteroatoms. The summed E-state index contributed by atoms with van der Waals surface area (Å²) in [5.74, 6) is -1.29. The summed E-state index contributed by atoms with van der Waals surface area (Å²) in [6.07, 6.45) is 1.45. The number of nitrogens with zero attached hydrogens (tertiary/aromatic N) is 3. The number of halogens is 2. The van der Waals surface area contributed by atoms with Gasteiger partial charge in [0, 0.05) is 17.8 Å². The van der Waals surface area contributed by atoms with E-state index in [1.807, 2.05) is 0 Å². The fraction of sp³-hybridized carbons (Fsp3) is 0.0455. The van der Waals surface area contributed by atoms with Crippen LogP contribution in [0.3, 0.4) is 0 Å². The molecule has 2 aromatic carbocycles. The number of esters is 1. The SMILES string of the molecule is O=C(OCc1nc2cc(Cl)c(Cl)cc2[n+]([O-])c1C(=O)c1ccccc1)c1ccccn1. The van der Waals surface area contributed by atoms with Crippen molar-refractivity contribution in [3.05, 3.63) is 105 Å². The fourth-order valence-corrected chi connectivity index (χ4v) is 3.27. The minimum absolute atomic E-state index is 0.0148. The molecule has 0 spiro atoms. The van der Waals surface area contributed by atoms with E-state index >= 15 is 0 Å². The molecule has 0 N–H and O–H groups in total. The van der Waals surface area contributed by atoms with Crippen molar-refractivity contribution in [1.82, 2.24) is 9.97 Å². The Morgan fingerprint density at radius 3 is 2.42 bits per heavy atom. The first-order chi connectivity index (χ1) is 15.0. The lowest BCUT2D eigenvalue weighted by Gasteiger charge is -2.12. The molecule has 0 saturated carbocycles. The highest BCUT2D eigenvalue weighted by Gasteiger charge is 2.28. The highest BCUT2D eigenvalue weighted by atomic mass is 35.5. The molecule has 0 radical (unpaired) electrons. The van der Waals surface area contributed by atoms with Crippen LogP contribution in [0.15, 0.2) is 66.9 Å². The molecule has 0 atom stereocenters. The summed E-state index contributed by atoms with van der Waals surface area (Å²) in [5.41, 5.74) is 0.353. The largest absolute Gasteiger partial charge is 0.618 e. The number of fused-ring (bicyclic) bond motifs is 1. The first-order valence-electron chi connectivity index (χ1n) is 9.05. The molecule has 7 nitrogen and oxygen atoms in total. The maximum atomic E-state index is 13.1. The number of ketones is 1. The van der Waals surface area contributed by atoms with Crippen molar-refractivity contribution in [1.29, 1.82) is 0 Å². The van der Waals surface area contributed by atoms with Crippen LogP contribution < -0.4 is 4.73 Å². The van der Waals surface area contributed by atoms with Gasteiger partial charge in [0.05, 0.1) is 10.0 Å². The van der Waals surface area contributed by atoms with E-state index in [0.29, 0.717) is 4.73 Å². The van der Waals surface area contributed by atoms with Crippen molar-refractivity contribution in [3.63, 3.8) is 0 Å². The second-order valence-corrected chi connectivity index (χ2v) is 7.26. The Morgan fingerprint density at radius 1 is 1.00 bits per heavy atom. The summed E-state index contributed by atoms with van der Waals surface area (Å²) < 4.78 is 5.71. The van der Waals surface area contributed by atoms with E-state index in [-0.39, 0.29) is 43.7 Å². The zero-order valence-electron chi connectivity index (χ0n) is 15.8. The van der Waals surface area contributed by atoms with Crippen molar-refractivity contribution < 1.29 is 19.1 Å². The molecule has 4 aromatic rings. The van der Waals surface area contributed by atoms with Crippen LogP contribution in [0.25, 0.3) is 11.0 Å². The zero-order valence-corrected chi connectivity index (χ0v) is 17.3. The van der Waals surface area contributed by atoms with Crippen LogP contribution in [0.4, 0.5) is 0 Å². The normalized spacial score (nSPS) is 10.8.